The number of nitrogens with one attached hydrogen (secondary N) is 1. The van der Waals surface area contributed by atoms with Crippen LogP contribution in [0, 0.1) is 11.3 Å². The molecule has 3 rings (SSSR count). The summed E-state index contributed by atoms with van der Waals surface area (Å²) in [7, 11) is 2.14. The van der Waals surface area contributed by atoms with Gasteiger partial charge in [-0.25, -0.2) is 4.98 Å². The number of Topliss-reactive ketones (excluding diaryl/α,β-unsaturated/α-hetero) is 1. The number of hydrogen-bond acceptors (Lipinski definition) is 6. The highest BCUT2D eigenvalue weighted by molar-refractivity contribution is 5.95. The van der Waals surface area contributed by atoms with E-state index in [0.717, 1.165) is 37.6 Å². The number of anilines is 2. The van der Waals surface area contributed by atoms with Crippen molar-refractivity contribution in [1.82, 2.24) is 9.88 Å². The number of carbonyl (C=O) groups is 1. The number of piperazine rings is 1. The Labute approximate surface area is 154 Å². The van der Waals surface area contributed by atoms with Gasteiger partial charge in [0.25, 0.3) is 0 Å². The molecule has 1 aromatic heterocycles. The number of nitriles is 1. The highest BCUT2D eigenvalue weighted by Crippen LogP contribution is 2.19. The Balaban J connectivity index is 1.66. The number of nitrogens with zero attached hydrogens (tertiary/aromatic N) is 4. The average Bonchev–Trinajstić information content (AvgIpc) is 2.67. The summed E-state index contributed by atoms with van der Waals surface area (Å²) in [5.74, 6) is 0.980. The van der Waals surface area contributed by atoms with Crippen LogP contribution in [-0.2, 0) is 6.54 Å². The van der Waals surface area contributed by atoms with Gasteiger partial charge in [0.15, 0.2) is 5.78 Å². The topological polar surface area (TPSA) is 72.3 Å². The average molecular weight is 349 g/mol. The van der Waals surface area contributed by atoms with Crippen LogP contribution < -0.4 is 10.2 Å². The van der Waals surface area contributed by atoms with Gasteiger partial charge in [0.2, 0.25) is 0 Å². The molecule has 1 aliphatic heterocycles. The van der Waals surface area contributed by atoms with E-state index in [1.807, 2.05) is 12.3 Å². The van der Waals surface area contributed by atoms with Gasteiger partial charge in [-0.15, -0.1) is 0 Å². The van der Waals surface area contributed by atoms with Crippen LogP contribution in [0.4, 0.5) is 11.5 Å². The summed E-state index contributed by atoms with van der Waals surface area (Å²) in [5, 5.41) is 12.5. The van der Waals surface area contributed by atoms with Crippen LogP contribution in [0.25, 0.3) is 0 Å². The predicted molar refractivity (Wildman–Crippen MR) is 102 cm³/mol. The molecule has 0 atom stereocenters. The van der Waals surface area contributed by atoms with Crippen molar-refractivity contribution in [1.29, 1.82) is 5.26 Å². The fraction of sp³-hybridized carbons (Fsp3) is 0.350. The van der Waals surface area contributed by atoms with Gasteiger partial charge in [-0.1, -0.05) is 6.07 Å². The summed E-state index contributed by atoms with van der Waals surface area (Å²) < 4.78 is 0. The van der Waals surface area contributed by atoms with Crippen molar-refractivity contribution in [3.63, 3.8) is 0 Å². The zero-order valence-corrected chi connectivity index (χ0v) is 15.2. The molecule has 0 saturated carbocycles. The van der Waals surface area contributed by atoms with Crippen LogP contribution in [0.3, 0.4) is 0 Å². The first-order chi connectivity index (χ1) is 12.6. The van der Waals surface area contributed by atoms with Crippen LogP contribution in [0.2, 0.25) is 0 Å². The number of aromatic nitrogens is 1. The molecular formula is C20H23N5O. The molecule has 1 saturated heterocycles. The van der Waals surface area contributed by atoms with E-state index in [1.165, 1.54) is 6.92 Å². The van der Waals surface area contributed by atoms with E-state index in [4.69, 9.17) is 0 Å². The number of likely N-dealkylation sites (N-methyl/N-ethyl adjacent to an activating group) is 1. The molecule has 2 heterocycles. The van der Waals surface area contributed by atoms with Gasteiger partial charge < -0.3 is 15.1 Å². The molecule has 2 aromatic rings. The minimum atomic E-state index is -0.0178. The Hall–Kier alpha value is -2.91. The van der Waals surface area contributed by atoms with Crippen molar-refractivity contribution >= 4 is 17.3 Å². The number of hydrogen-bond donors (Lipinski definition) is 1. The van der Waals surface area contributed by atoms with Crippen molar-refractivity contribution in [2.24, 2.45) is 0 Å². The van der Waals surface area contributed by atoms with Gasteiger partial charge >= 0.3 is 0 Å². The summed E-state index contributed by atoms with van der Waals surface area (Å²) in [6.07, 6.45) is 1.86. The van der Waals surface area contributed by atoms with E-state index in [0.29, 0.717) is 23.4 Å². The predicted octanol–water partition coefficient (Wildman–Crippen LogP) is 2.52. The normalized spacial score (nSPS) is 14.7. The number of carbonyl (C=O) groups excluding carboxylic acids is 1. The van der Waals surface area contributed by atoms with Crippen LogP contribution in [-0.4, -0.2) is 48.9 Å². The summed E-state index contributed by atoms with van der Waals surface area (Å²) in [5.41, 5.74) is 2.82. The first-order valence-corrected chi connectivity index (χ1v) is 8.74. The van der Waals surface area contributed by atoms with Crippen molar-refractivity contribution in [2.75, 3.05) is 43.4 Å². The fourth-order valence-electron chi connectivity index (χ4n) is 2.95. The minimum absolute atomic E-state index is 0.0178. The molecule has 1 aliphatic rings. The number of rotatable bonds is 5. The van der Waals surface area contributed by atoms with Crippen molar-refractivity contribution < 1.29 is 4.79 Å². The molecule has 0 bridgehead atoms. The van der Waals surface area contributed by atoms with E-state index in [9.17, 15) is 10.1 Å². The molecule has 1 N–H and O–H groups in total. The van der Waals surface area contributed by atoms with E-state index in [-0.39, 0.29) is 5.78 Å². The highest BCUT2D eigenvalue weighted by atomic mass is 16.1. The molecule has 134 valence electrons. The molecule has 6 heteroatoms. The maximum atomic E-state index is 11.6. The van der Waals surface area contributed by atoms with Crippen molar-refractivity contribution in [3.05, 3.63) is 53.2 Å². The van der Waals surface area contributed by atoms with Gasteiger partial charge in [-0.2, -0.15) is 5.26 Å². The lowest BCUT2D eigenvalue weighted by Crippen LogP contribution is -2.44. The molecule has 6 nitrogen and oxygen atoms in total. The Kier molecular flexibility index (Phi) is 5.49. The highest BCUT2D eigenvalue weighted by Gasteiger charge is 2.15. The van der Waals surface area contributed by atoms with E-state index < -0.39 is 0 Å². The van der Waals surface area contributed by atoms with Crippen LogP contribution in [0.15, 0.2) is 36.5 Å². The molecule has 1 fully saturated rings. The molecule has 0 spiro atoms. The molecule has 0 amide bonds. The lowest BCUT2D eigenvalue weighted by molar-refractivity contribution is 0.101. The van der Waals surface area contributed by atoms with Gasteiger partial charge in [0.05, 0.1) is 11.3 Å². The molecular weight excluding hydrogens is 326 g/mol. The lowest BCUT2D eigenvalue weighted by Gasteiger charge is -2.33. The minimum Gasteiger partial charge on any atom is -0.380 e. The van der Waals surface area contributed by atoms with E-state index in [1.54, 1.807) is 18.2 Å². The maximum Gasteiger partial charge on any atom is 0.159 e. The lowest BCUT2D eigenvalue weighted by atomic mass is 10.1. The third-order valence-corrected chi connectivity index (χ3v) is 4.67. The Morgan fingerprint density at radius 3 is 2.62 bits per heavy atom. The maximum absolute atomic E-state index is 11.6. The Morgan fingerprint density at radius 1 is 1.23 bits per heavy atom. The number of pyridine rings is 1. The molecule has 0 radical (unpaired) electrons. The zero-order valence-electron chi connectivity index (χ0n) is 15.2. The second-order valence-corrected chi connectivity index (χ2v) is 6.60. The SMILES string of the molecule is CC(=O)c1ccc(C#N)c(NCc2ccc(N3CCN(C)CC3)nc2)c1. The number of ketones is 1. The molecule has 1 aromatic carbocycles. The fourth-order valence-corrected chi connectivity index (χ4v) is 2.95. The van der Waals surface area contributed by atoms with Crippen LogP contribution in [0.1, 0.15) is 28.4 Å². The molecule has 26 heavy (non-hydrogen) atoms. The summed E-state index contributed by atoms with van der Waals surface area (Å²) >= 11 is 0. The molecule has 0 aliphatic carbocycles. The van der Waals surface area contributed by atoms with Gasteiger partial charge in [-0.05, 0) is 43.8 Å². The second-order valence-electron chi connectivity index (χ2n) is 6.60. The smallest absolute Gasteiger partial charge is 0.159 e. The van der Waals surface area contributed by atoms with Crippen LogP contribution in [0.5, 0.6) is 0 Å². The van der Waals surface area contributed by atoms with Crippen molar-refractivity contribution in [2.45, 2.75) is 13.5 Å². The van der Waals surface area contributed by atoms with E-state index >= 15 is 0 Å². The Bertz CT molecular complexity index is 817. The van der Waals surface area contributed by atoms with Gasteiger partial charge in [-0.3, -0.25) is 4.79 Å². The summed E-state index contributed by atoms with van der Waals surface area (Å²) in [4.78, 5) is 20.7. The largest absolute Gasteiger partial charge is 0.380 e. The first-order valence-electron chi connectivity index (χ1n) is 8.74. The van der Waals surface area contributed by atoms with E-state index in [2.05, 4.69) is 39.3 Å². The standard InChI is InChI=1S/C20H23N5O/c1-15(26)17-4-5-18(12-21)19(11-17)22-13-16-3-6-20(23-14-16)25-9-7-24(2)8-10-25/h3-6,11,14,22H,7-10,13H2,1-2H3. The first kappa shape index (κ1) is 17.9. The number of benzene rings is 1. The molecule has 0 unspecified atom stereocenters. The third-order valence-electron chi connectivity index (χ3n) is 4.67. The quantitative estimate of drug-likeness (QED) is 0.836. The van der Waals surface area contributed by atoms with Crippen molar-refractivity contribution in [3.8, 4) is 6.07 Å². The second kappa shape index (κ2) is 7.98. The summed E-state index contributed by atoms with van der Waals surface area (Å²) in [6.45, 7) is 6.15. The zero-order chi connectivity index (χ0) is 18.5. The van der Waals surface area contributed by atoms with Crippen LogP contribution >= 0.6 is 0 Å². The summed E-state index contributed by atoms with van der Waals surface area (Å²) in [6, 6.07) is 11.3. The monoisotopic (exact) mass is 349 g/mol. The van der Waals surface area contributed by atoms with Gasteiger partial charge in [0, 0.05) is 44.5 Å². The Morgan fingerprint density at radius 2 is 2.00 bits per heavy atom. The third kappa shape index (κ3) is 4.19. The van der Waals surface area contributed by atoms with Gasteiger partial charge in [0.1, 0.15) is 11.9 Å².